The molecule has 39 heavy (non-hydrogen) atoms. The van der Waals surface area contributed by atoms with Gasteiger partial charge in [0.1, 0.15) is 0 Å². The molecule has 1 aliphatic heterocycles. The van der Waals surface area contributed by atoms with Crippen LogP contribution < -0.4 is 5.32 Å². The van der Waals surface area contributed by atoms with Gasteiger partial charge in [0.05, 0.1) is 32.0 Å². The molecular weight excluding hydrogens is 492 g/mol. The van der Waals surface area contributed by atoms with E-state index >= 15 is 0 Å². The number of hydrogen-bond acceptors (Lipinski definition) is 6. The lowest BCUT2D eigenvalue weighted by Crippen LogP contribution is -2.62. The van der Waals surface area contributed by atoms with Crippen molar-refractivity contribution in [2.24, 2.45) is 52.3 Å². The number of carbonyl (C=O) groups is 1. The minimum Gasteiger partial charge on any atom is -0.450 e. The van der Waals surface area contributed by atoms with Gasteiger partial charge >= 0.3 is 6.09 Å². The number of aliphatic hydroxyl groups excluding tert-OH is 2. The molecule has 0 radical (unpaired) electrons. The van der Waals surface area contributed by atoms with Gasteiger partial charge in [-0.15, -0.1) is 0 Å². The van der Waals surface area contributed by atoms with E-state index in [-0.39, 0.29) is 29.1 Å². The Morgan fingerprint density at radius 3 is 2.51 bits per heavy atom. The van der Waals surface area contributed by atoms with Crippen LogP contribution in [0, 0.1) is 52.3 Å². The number of carbonyl (C=O) groups excluding carboxylic acids is 1. The van der Waals surface area contributed by atoms with Crippen LogP contribution in [0.5, 0.6) is 0 Å². The largest absolute Gasteiger partial charge is 0.450 e. The molecule has 0 aromatic carbocycles. The Labute approximate surface area is 236 Å². The van der Waals surface area contributed by atoms with Gasteiger partial charge in [0.2, 0.25) is 0 Å². The number of rotatable bonds is 8. The highest BCUT2D eigenvalue weighted by molar-refractivity contribution is 5.67. The number of nitrogens with zero attached hydrogens (tertiary/aromatic N) is 1. The van der Waals surface area contributed by atoms with Gasteiger partial charge in [0.25, 0.3) is 0 Å². The van der Waals surface area contributed by atoms with E-state index in [1.165, 1.54) is 25.7 Å². The molecule has 0 spiro atoms. The molecule has 4 aliphatic carbocycles. The van der Waals surface area contributed by atoms with Crippen LogP contribution in [0.2, 0.25) is 0 Å². The Morgan fingerprint density at radius 2 is 1.77 bits per heavy atom. The van der Waals surface area contributed by atoms with Crippen LogP contribution in [0.4, 0.5) is 4.79 Å². The van der Waals surface area contributed by atoms with Crippen LogP contribution in [0.15, 0.2) is 0 Å². The quantitative estimate of drug-likeness (QED) is 0.407. The third kappa shape index (κ3) is 5.63. The van der Waals surface area contributed by atoms with Crippen LogP contribution in [0.3, 0.4) is 0 Å². The lowest BCUT2D eigenvalue weighted by Gasteiger charge is -2.64. The van der Waals surface area contributed by atoms with Crippen molar-refractivity contribution < 1.29 is 24.5 Å². The van der Waals surface area contributed by atoms with E-state index in [0.29, 0.717) is 54.6 Å². The molecular formula is C32H56N2O5. The van der Waals surface area contributed by atoms with Gasteiger partial charge in [-0.1, -0.05) is 34.1 Å². The van der Waals surface area contributed by atoms with Crippen LogP contribution in [0.1, 0.15) is 85.5 Å². The third-order valence-electron chi connectivity index (χ3n) is 12.8. The molecule has 3 N–H and O–H groups in total. The molecule has 0 bridgehead atoms. The van der Waals surface area contributed by atoms with Gasteiger partial charge in [-0.05, 0) is 104 Å². The maximum absolute atomic E-state index is 12.3. The summed E-state index contributed by atoms with van der Waals surface area (Å²) in [6, 6.07) is 0. The van der Waals surface area contributed by atoms with Crippen LogP contribution >= 0.6 is 0 Å². The van der Waals surface area contributed by atoms with Crippen LogP contribution in [0.25, 0.3) is 0 Å². The molecule has 1 amide bonds. The average Bonchev–Trinajstić information content (AvgIpc) is 3.27. The van der Waals surface area contributed by atoms with Gasteiger partial charge in [0, 0.05) is 26.2 Å². The summed E-state index contributed by atoms with van der Waals surface area (Å²) in [5.41, 5.74) is 0.495. The zero-order valence-corrected chi connectivity index (χ0v) is 25.1. The first-order valence-corrected chi connectivity index (χ1v) is 16.3. The SMILES string of the molecule is CC[C@H]1[C@@H](O)[C@@H]2[C@H](CC[C@]3(C)C([C@H](C)CCOC(=O)NCCN4CCOCC4)CC[C@@H]23)[C@@]2(C)CC[C@@H](O)C[C@@H]12. The second-order valence-electron chi connectivity index (χ2n) is 14.4. The van der Waals surface area contributed by atoms with Crippen molar-refractivity contribution in [3.8, 4) is 0 Å². The van der Waals surface area contributed by atoms with Crippen molar-refractivity contribution >= 4 is 6.09 Å². The predicted octanol–water partition coefficient (Wildman–Crippen LogP) is 4.70. The normalized spacial score (nSPS) is 45.1. The summed E-state index contributed by atoms with van der Waals surface area (Å²) in [6.07, 6.45) is 8.95. The molecule has 5 rings (SSSR count). The van der Waals surface area contributed by atoms with E-state index in [1.807, 2.05) is 0 Å². The van der Waals surface area contributed by atoms with Crippen LogP contribution in [-0.4, -0.2) is 79.4 Å². The lowest BCUT2D eigenvalue weighted by molar-refractivity contribution is -0.203. The van der Waals surface area contributed by atoms with Gasteiger partial charge in [-0.3, -0.25) is 4.90 Å². The van der Waals surface area contributed by atoms with E-state index < -0.39 is 0 Å². The minimum absolute atomic E-state index is 0.194. The van der Waals surface area contributed by atoms with Gasteiger partial charge in [-0.2, -0.15) is 0 Å². The second kappa shape index (κ2) is 12.1. The fourth-order valence-electron chi connectivity index (χ4n) is 10.7. The first kappa shape index (κ1) is 29.6. The van der Waals surface area contributed by atoms with E-state index in [4.69, 9.17) is 9.47 Å². The van der Waals surface area contributed by atoms with Gasteiger partial charge < -0.3 is 25.0 Å². The van der Waals surface area contributed by atoms with E-state index in [2.05, 4.69) is 37.9 Å². The van der Waals surface area contributed by atoms with Crippen molar-refractivity contribution in [3.05, 3.63) is 0 Å². The van der Waals surface area contributed by atoms with Crippen molar-refractivity contribution in [2.75, 3.05) is 46.0 Å². The fourth-order valence-corrected chi connectivity index (χ4v) is 10.7. The first-order chi connectivity index (χ1) is 18.7. The van der Waals surface area contributed by atoms with Crippen LogP contribution in [-0.2, 0) is 9.47 Å². The van der Waals surface area contributed by atoms with Crippen molar-refractivity contribution in [2.45, 2.75) is 97.7 Å². The number of ether oxygens (including phenoxy) is 2. The number of aliphatic hydroxyl groups is 2. The summed E-state index contributed by atoms with van der Waals surface area (Å²) in [6.45, 7) is 14.9. The molecule has 11 atom stereocenters. The number of nitrogens with one attached hydrogen (secondary N) is 1. The molecule has 1 heterocycles. The number of amides is 1. The highest BCUT2D eigenvalue weighted by atomic mass is 16.5. The topological polar surface area (TPSA) is 91.3 Å². The number of hydrogen-bond donors (Lipinski definition) is 3. The molecule has 5 aliphatic rings. The standard InChI is InChI=1S/C32H56N2O5/c1-5-23-27-20-22(35)8-11-32(27,4)26-9-12-31(3)24(6-7-25(31)28(26)29(23)36)21(2)10-17-39-30(37)33-13-14-34-15-18-38-19-16-34/h21-29,35-36H,5-20H2,1-4H3,(H,33,37)/t21-,22-,23-,24?,25+,26+,27+,28+,29-,31-,32-/m1/s1. The van der Waals surface area contributed by atoms with Gasteiger partial charge in [-0.25, -0.2) is 4.79 Å². The summed E-state index contributed by atoms with van der Waals surface area (Å²) in [5, 5.41) is 25.3. The Kier molecular flexibility index (Phi) is 9.22. The zero-order valence-electron chi connectivity index (χ0n) is 25.1. The smallest absolute Gasteiger partial charge is 0.407 e. The highest BCUT2D eigenvalue weighted by Gasteiger charge is 2.64. The Morgan fingerprint density at radius 1 is 1.05 bits per heavy atom. The number of fused-ring (bicyclic) bond motifs is 5. The molecule has 224 valence electrons. The van der Waals surface area contributed by atoms with Crippen molar-refractivity contribution in [1.29, 1.82) is 0 Å². The first-order valence-electron chi connectivity index (χ1n) is 16.3. The monoisotopic (exact) mass is 548 g/mol. The summed E-state index contributed by atoms with van der Waals surface area (Å²) in [7, 11) is 0. The zero-order chi connectivity index (χ0) is 27.8. The fraction of sp³-hybridized carbons (Fsp3) is 0.969. The molecule has 7 heteroatoms. The van der Waals surface area contributed by atoms with E-state index in [9.17, 15) is 15.0 Å². The number of alkyl carbamates (subject to hydrolysis) is 1. The molecule has 5 fully saturated rings. The summed E-state index contributed by atoms with van der Waals surface area (Å²) in [5.74, 6) is 3.39. The molecule has 7 nitrogen and oxygen atoms in total. The second-order valence-corrected chi connectivity index (χ2v) is 14.4. The number of morpholine rings is 1. The minimum atomic E-state index is -0.303. The predicted molar refractivity (Wildman–Crippen MR) is 152 cm³/mol. The Balaban J connectivity index is 1.16. The molecule has 4 saturated carbocycles. The maximum Gasteiger partial charge on any atom is 0.407 e. The average molecular weight is 549 g/mol. The van der Waals surface area contributed by atoms with Crippen molar-refractivity contribution in [3.63, 3.8) is 0 Å². The third-order valence-corrected chi connectivity index (χ3v) is 12.8. The van der Waals surface area contributed by atoms with E-state index in [0.717, 1.165) is 65.0 Å². The summed E-state index contributed by atoms with van der Waals surface area (Å²) < 4.78 is 11.0. The highest BCUT2D eigenvalue weighted by Crippen LogP contribution is 2.69. The molecule has 0 aromatic rings. The van der Waals surface area contributed by atoms with Gasteiger partial charge in [0.15, 0.2) is 0 Å². The molecule has 1 saturated heterocycles. The van der Waals surface area contributed by atoms with E-state index in [1.54, 1.807) is 0 Å². The molecule has 1 unspecified atom stereocenters. The Bertz CT molecular complexity index is 835. The Hall–Kier alpha value is -0.890. The summed E-state index contributed by atoms with van der Waals surface area (Å²) >= 11 is 0. The maximum atomic E-state index is 12.3. The lowest BCUT2D eigenvalue weighted by atomic mass is 9.41. The molecule has 0 aromatic heterocycles. The summed E-state index contributed by atoms with van der Waals surface area (Å²) in [4.78, 5) is 14.6. The van der Waals surface area contributed by atoms with Crippen molar-refractivity contribution in [1.82, 2.24) is 10.2 Å².